The lowest BCUT2D eigenvalue weighted by atomic mass is 10.0. The highest BCUT2D eigenvalue weighted by molar-refractivity contribution is 5.76. The summed E-state index contributed by atoms with van der Waals surface area (Å²) < 4.78 is 0. The molecule has 0 heterocycles. The molecule has 13 heavy (non-hydrogen) atoms. The van der Waals surface area contributed by atoms with Crippen LogP contribution in [0.25, 0.3) is 0 Å². The zero-order chi connectivity index (χ0) is 10.1. The number of hydrogen-bond donors (Lipinski definition) is 1. The largest absolute Gasteiger partial charge is 0.353 e. The number of carbonyl (C=O) groups excluding carboxylic acids is 1. The molecule has 3 heteroatoms. The van der Waals surface area contributed by atoms with Crippen LogP contribution in [0.2, 0.25) is 0 Å². The molecule has 0 spiro atoms. The van der Waals surface area contributed by atoms with E-state index in [4.69, 9.17) is 5.26 Å². The maximum absolute atomic E-state index is 11.1. The van der Waals surface area contributed by atoms with E-state index in [0.717, 1.165) is 12.8 Å². The third kappa shape index (κ3) is 5.92. The minimum Gasteiger partial charge on any atom is -0.353 e. The average molecular weight is 180 g/mol. The van der Waals surface area contributed by atoms with E-state index < -0.39 is 0 Å². The Balaban J connectivity index is 3.74. The van der Waals surface area contributed by atoms with Crippen molar-refractivity contribution in [1.29, 1.82) is 5.26 Å². The summed E-state index contributed by atoms with van der Waals surface area (Å²) in [6, 6.07) is 2.12. The van der Waals surface area contributed by atoms with Gasteiger partial charge in [-0.05, 0) is 6.42 Å². The third-order valence-corrected chi connectivity index (χ3v) is 1.70. The smallest absolute Gasteiger partial charge is 0.221 e. The standard InChI is InChI=1S/C10H16N2O/c1-3-5-9(8-11)7-10(13)12-6-4-2/h4,9H,2-3,5-7H2,1H3,(H,12,13). The predicted molar refractivity (Wildman–Crippen MR) is 51.8 cm³/mol. The van der Waals surface area contributed by atoms with Gasteiger partial charge in [-0.1, -0.05) is 19.4 Å². The molecule has 1 amide bonds. The van der Waals surface area contributed by atoms with Gasteiger partial charge in [-0.15, -0.1) is 6.58 Å². The minimum atomic E-state index is -0.144. The molecule has 0 aromatic carbocycles. The van der Waals surface area contributed by atoms with Crippen LogP contribution >= 0.6 is 0 Å². The van der Waals surface area contributed by atoms with Gasteiger partial charge < -0.3 is 5.32 Å². The van der Waals surface area contributed by atoms with Crippen molar-refractivity contribution in [3.05, 3.63) is 12.7 Å². The van der Waals surface area contributed by atoms with E-state index in [1.54, 1.807) is 6.08 Å². The molecule has 0 aromatic rings. The molecule has 1 N–H and O–H groups in total. The normalized spacial score (nSPS) is 11.4. The Kier molecular flexibility index (Phi) is 6.62. The molecule has 72 valence electrons. The van der Waals surface area contributed by atoms with Crippen LogP contribution in [0, 0.1) is 17.2 Å². The molecular formula is C10H16N2O. The van der Waals surface area contributed by atoms with Gasteiger partial charge in [0.25, 0.3) is 0 Å². The molecule has 1 atom stereocenters. The first-order chi connectivity index (χ1) is 6.24. The number of amides is 1. The van der Waals surface area contributed by atoms with Crippen LogP contribution in [-0.4, -0.2) is 12.5 Å². The molecule has 0 fully saturated rings. The van der Waals surface area contributed by atoms with Crippen molar-refractivity contribution < 1.29 is 4.79 Å². The molecule has 1 unspecified atom stereocenters. The van der Waals surface area contributed by atoms with Gasteiger partial charge >= 0.3 is 0 Å². The SMILES string of the molecule is C=CCNC(=O)CC(C#N)CCC. The summed E-state index contributed by atoms with van der Waals surface area (Å²) in [5, 5.41) is 11.3. The molecule has 0 saturated heterocycles. The molecule has 0 radical (unpaired) electrons. The Morgan fingerprint density at radius 1 is 1.77 bits per heavy atom. The summed E-state index contributed by atoms with van der Waals surface area (Å²) in [5.41, 5.74) is 0. The van der Waals surface area contributed by atoms with E-state index in [-0.39, 0.29) is 11.8 Å². The Morgan fingerprint density at radius 3 is 2.92 bits per heavy atom. The van der Waals surface area contributed by atoms with Gasteiger partial charge in [0.2, 0.25) is 5.91 Å². The fraction of sp³-hybridized carbons (Fsp3) is 0.600. The number of nitrogens with one attached hydrogen (secondary N) is 1. The van der Waals surface area contributed by atoms with Gasteiger partial charge in [0.05, 0.1) is 12.0 Å². The molecule has 0 aromatic heterocycles. The minimum absolute atomic E-state index is 0.0695. The highest BCUT2D eigenvalue weighted by atomic mass is 16.1. The summed E-state index contributed by atoms with van der Waals surface area (Å²) in [7, 11) is 0. The zero-order valence-electron chi connectivity index (χ0n) is 8.05. The van der Waals surface area contributed by atoms with Crippen LogP contribution < -0.4 is 5.32 Å². The van der Waals surface area contributed by atoms with Crippen molar-refractivity contribution in [2.75, 3.05) is 6.54 Å². The summed E-state index contributed by atoms with van der Waals surface area (Å²) in [5.74, 6) is -0.213. The third-order valence-electron chi connectivity index (χ3n) is 1.70. The molecule has 0 aliphatic heterocycles. The van der Waals surface area contributed by atoms with E-state index in [2.05, 4.69) is 18.0 Å². The molecule has 0 rings (SSSR count). The highest BCUT2D eigenvalue weighted by Crippen LogP contribution is 2.09. The molecular weight excluding hydrogens is 164 g/mol. The Morgan fingerprint density at radius 2 is 2.46 bits per heavy atom. The number of hydrogen-bond acceptors (Lipinski definition) is 2. The Bertz CT molecular complexity index is 205. The van der Waals surface area contributed by atoms with Crippen LogP contribution in [0.3, 0.4) is 0 Å². The van der Waals surface area contributed by atoms with E-state index in [0.29, 0.717) is 13.0 Å². The summed E-state index contributed by atoms with van der Waals surface area (Å²) in [6.07, 6.45) is 3.66. The lowest BCUT2D eigenvalue weighted by molar-refractivity contribution is -0.121. The summed E-state index contributed by atoms with van der Waals surface area (Å²) in [6.45, 7) is 5.97. The van der Waals surface area contributed by atoms with Crippen molar-refractivity contribution in [3.8, 4) is 6.07 Å². The van der Waals surface area contributed by atoms with Crippen LogP contribution in [-0.2, 0) is 4.79 Å². The van der Waals surface area contributed by atoms with Gasteiger partial charge in [0.1, 0.15) is 0 Å². The highest BCUT2D eigenvalue weighted by Gasteiger charge is 2.10. The fourth-order valence-electron chi connectivity index (χ4n) is 1.04. The van der Waals surface area contributed by atoms with Crippen molar-refractivity contribution in [2.45, 2.75) is 26.2 Å². The number of nitriles is 1. The van der Waals surface area contributed by atoms with E-state index >= 15 is 0 Å². The van der Waals surface area contributed by atoms with E-state index in [1.807, 2.05) is 6.92 Å². The molecule has 0 aliphatic rings. The first kappa shape index (κ1) is 11.7. The van der Waals surface area contributed by atoms with Crippen LogP contribution in [0.4, 0.5) is 0 Å². The van der Waals surface area contributed by atoms with Crippen LogP contribution in [0.5, 0.6) is 0 Å². The Labute approximate surface area is 79.4 Å². The van der Waals surface area contributed by atoms with Crippen molar-refractivity contribution in [2.24, 2.45) is 5.92 Å². The van der Waals surface area contributed by atoms with Gasteiger partial charge in [0.15, 0.2) is 0 Å². The second-order valence-electron chi connectivity index (χ2n) is 2.91. The molecule has 0 aliphatic carbocycles. The predicted octanol–water partition coefficient (Wildman–Crippen LogP) is 1.62. The van der Waals surface area contributed by atoms with Crippen LogP contribution in [0.1, 0.15) is 26.2 Å². The average Bonchev–Trinajstić information content (AvgIpc) is 2.14. The monoisotopic (exact) mass is 180 g/mol. The second-order valence-corrected chi connectivity index (χ2v) is 2.91. The lowest BCUT2D eigenvalue weighted by Crippen LogP contribution is -2.25. The maximum Gasteiger partial charge on any atom is 0.221 e. The zero-order valence-corrected chi connectivity index (χ0v) is 8.05. The van der Waals surface area contributed by atoms with Crippen molar-refractivity contribution in [3.63, 3.8) is 0 Å². The summed E-state index contributed by atoms with van der Waals surface area (Å²) in [4.78, 5) is 11.1. The molecule has 3 nitrogen and oxygen atoms in total. The van der Waals surface area contributed by atoms with E-state index in [9.17, 15) is 4.79 Å². The van der Waals surface area contributed by atoms with Gasteiger partial charge in [-0.3, -0.25) is 4.79 Å². The number of nitrogens with zero attached hydrogens (tertiary/aromatic N) is 1. The lowest BCUT2D eigenvalue weighted by Gasteiger charge is -2.06. The van der Waals surface area contributed by atoms with Gasteiger partial charge in [-0.25, -0.2) is 0 Å². The van der Waals surface area contributed by atoms with Crippen molar-refractivity contribution in [1.82, 2.24) is 5.32 Å². The first-order valence-corrected chi connectivity index (χ1v) is 4.51. The second kappa shape index (κ2) is 7.35. The van der Waals surface area contributed by atoms with E-state index in [1.165, 1.54) is 0 Å². The maximum atomic E-state index is 11.1. The fourth-order valence-corrected chi connectivity index (χ4v) is 1.04. The molecule has 0 bridgehead atoms. The quantitative estimate of drug-likeness (QED) is 0.631. The first-order valence-electron chi connectivity index (χ1n) is 4.51. The van der Waals surface area contributed by atoms with Crippen LogP contribution in [0.15, 0.2) is 12.7 Å². The molecule has 0 saturated carbocycles. The van der Waals surface area contributed by atoms with Gasteiger partial charge in [0, 0.05) is 13.0 Å². The Hall–Kier alpha value is -1.30. The number of rotatable bonds is 6. The topological polar surface area (TPSA) is 52.9 Å². The van der Waals surface area contributed by atoms with Gasteiger partial charge in [-0.2, -0.15) is 5.26 Å². The van der Waals surface area contributed by atoms with Crippen molar-refractivity contribution >= 4 is 5.91 Å². The number of carbonyl (C=O) groups is 1. The summed E-state index contributed by atoms with van der Waals surface area (Å²) >= 11 is 0.